The summed E-state index contributed by atoms with van der Waals surface area (Å²) in [6, 6.07) is 3.86. The van der Waals surface area contributed by atoms with E-state index in [4.69, 9.17) is 4.74 Å². The van der Waals surface area contributed by atoms with Crippen LogP contribution in [-0.4, -0.2) is 64.5 Å². The lowest BCUT2D eigenvalue weighted by molar-refractivity contribution is -0.132. The highest BCUT2D eigenvalue weighted by molar-refractivity contribution is 5.90. The fourth-order valence-corrected chi connectivity index (χ4v) is 3.46. The monoisotopic (exact) mass is 410 g/mol. The molecule has 0 unspecified atom stereocenters. The number of carbonyl (C=O) groups is 2. The van der Waals surface area contributed by atoms with Crippen LogP contribution in [0.3, 0.4) is 0 Å². The van der Waals surface area contributed by atoms with Gasteiger partial charge < -0.3 is 19.9 Å². The quantitative estimate of drug-likeness (QED) is 0.723. The second kappa shape index (κ2) is 8.64. The minimum atomic E-state index is -0.425. The maximum absolute atomic E-state index is 12.2. The van der Waals surface area contributed by atoms with Crippen LogP contribution in [-0.2, 0) is 9.53 Å². The molecule has 3 heterocycles. The van der Waals surface area contributed by atoms with E-state index in [-0.39, 0.29) is 5.92 Å². The van der Waals surface area contributed by atoms with Crippen molar-refractivity contribution < 1.29 is 14.3 Å². The van der Waals surface area contributed by atoms with E-state index in [0.717, 1.165) is 50.5 Å². The number of nitrogens with one attached hydrogen (secondary N) is 1. The lowest BCUT2D eigenvalue weighted by Gasteiger charge is -2.35. The molecule has 9 heteroatoms. The number of nitrogens with zero attached hydrogens (tertiary/aromatic N) is 5. The van der Waals surface area contributed by atoms with E-state index < -0.39 is 5.97 Å². The highest BCUT2D eigenvalue weighted by atomic mass is 16.5. The molecule has 158 valence electrons. The van der Waals surface area contributed by atoms with Gasteiger partial charge in [0.25, 0.3) is 0 Å². The first-order chi connectivity index (χ1) is 14.5. The van der Waals surface area contributed by atoms with Crippen molar-refractivity contribution in [1.82, 2.24) is 19.9 Å². The number of ether oxygens (including phenoxy) is 1. The molecule has 1 N–H and O–H groups in total. The third-order valence-electron chi connectivity index (χ3n) is 5.32. The number of piperazine rings is 1. The summed E-state index contributed by atoms with van der Waals surface area (Å²) in [5.74, 6) is 1.44. The van der Waals surface area contributed by atoms with E-state index in [2.05, 4.69) is 25.2 Å². The first-order valence-corrected chi connectivity index (χ1v) is 10.3. The second-order valence-corrected chi connectivity index (χ2v) is 7.53. The van der Waals surface area contributed by atoms with Crippen LogP contribution in [0.1, 0.15) is 35.8 Å². The van der Waals surface area contributed by atoms with Crippen LogP contribution in [0.4, 0.5) is 17.5 Å². The zero-order valence-electron chi connectivity index (χ0n) is 17.3. The number of esters is 1. The largest absolute Gasteiger partial charge is 0.462 e. The van der Waals surface area contributed by atoms with Crippen molar-refractivity contribution in [1.29, 1.82) is 0 Å². The van der Waals surface area contributed by atoms with E-state index in [1.165, 1.54) is 6.20 Å². The van der Waals surface area contributed by atoms with Crippen molar-refractivity contribution in [3.05, 3.63) is 35.8 Å². The summed E-state index contributed by atoms with van der Waals surface area (Å²) in [5, 5.41) is 3.11. The summed E-state index contributed by atoms with van der Waals surface area (Å²) in [6.07, 6.45) is 5.29. The predicted molar refractivity (Wildman–Crippen MR) is 112 cm³/mol. The van der Waals surface area contributed by atoms with Crippen molar-refractivity contribution in [2.75, 3.05) is 43.0 Å². The molecule has 9 nitrogen and oxygen atoms in total. The third kappa shape index (κ3) is 4.50. The highest BCUT2D eigenvalue weighted by Crippen LogP contribution is 2.31. The molecule has 0 atom stereocenters. The van der Waals surface area contributed by atoms with Crippen molar-refractivity contribution in [2.45, 2.75) is 26.7 Å². The molecule has 2 fully saturated rings. The number of aryl methyl sites for hydroxylation is 1. The number of anilines is 3. The average molecular weight is 410 g/mol. The van der Waals surface area contributed by atoms with Gasteiger partial charge >= 0.3 is 5.97 Å². The van der Waals surface area contributed by atoms with Crippen LogP contribution >= 0.6 is 0 Å². The van der Waals surface area contributed by atoms with Crippen molar-refractivity contribution in [3.63, 3.8) is 0 Å². The van der Waals surface area contributed by atoms with Gasteiger partial charge in [0, 0.05) is 38.3 Å². The molecule has 1 aliphatic heterocycles. The molecule has 2 aromatic heterocycles. The number of amides is 1. The summed E-state index contributed by atoms with van der Waals surface area (Å²) in [4.78, 5) is 41.3. The Morgan fingerprint density at radius 2 is 1.90 bits per heavy atom. The Balaban J connectivity index is 1.34. The maximum atomic E-state index is 12.2. The van der Waals surface area contributed by atoms with E-state index in [9.17, 15) is 9.59 Å². The number of rotatable bonds is 6. The Kier molecular flexibility index (Phi) is 5.78. The number of aromatic nitrogens is 3. The van der Waals surface area contributed by atoms with Gasteiger partial charge in [0.1, 0.15) is 5.82 Å². The topological polar surface area (TPSA) is 101 Å². The summed E-state index contributed by atoms with van der Waals surface area (Å²) >= 11 is 0. The fraction of sp³-hybridized carbons (Fsp3) is 0.476. The molecule has 0 aromatic carbocycles. The Morgan fingerprint density at radius 3 is 2.50 bits per heavy atom. The number of hydrogen-bond donors (Lipinski definition) is 1. The molecule has 4 rings (SSSR count). The first-order valence-electron chi connectivity index (χ1n) is 10.3. The molecular weight excluding hydrogens is 384 g/mol. The van der Waals surface area contributed by atoms with E-state index in [0.29, 0.717) is 29.7 Å². The standard InChI is InChI=1S/C21H26N6O3/c1-3-30-20(29)17-13-23-21(24-14(17)2)25-16-6-7-18(22-12-16)26-8-10-27(11-9-26)19(28)15-4-5-15/h6-7,12-13,15H,3-5,8-11H2,1-2H3,(H,23,24,25). The van der Waals surface area contributed by atoms with Crippen LogP contribution in [0.2, 0.25) is 0 Å². The molecule has 2 aromatic rings. The molecule has 30 heavy (non-hydrogen) atoms. The van der Waals surface area contributed by atoms with E-state index in [1.807, 2.05) is 17.0 Å². The smallest absolute Gasteiger partial charge is 0.341 e. The zero-order chi connectivity index (χ0) is 21.1. The SMILES string of the molecule is CCOC(=O)c1cnc(Nc2ccc(N3CCN(C(=O)C4CC4)CC3)nc2)nc1C. The van der Waals surface area contributed by atoms with Crippen LogP contribution in [0.15, 0.2) is 24.5 Å². The normalized spacial score (nSPS) is 16.3. The predicted octanol–water partition coefficient (Wildman–Crippen LogP) is 2.16. The van der Waals surface area contributed by atoms with Gasteiger partial charge in [0.15, 0.2) is 0 Å². The van der Waals surface area contributed by atoms with Crippen molar-refractivity contribution in [3.8, 4) is 0 Å². The van der Waals surface area contributed by atoms with Crippen LogP contribution in [0.25, 0.3) is 0 Å². The van der Waals surface area contributed by atoms with Gasteiger partial charge in [-0.05, 0) is 38.8 Å². The Hall–Kier alpha value is -3.23. The van der Waals surface area contributed by atoms with Crippen LogP contribution in [0.5, 0.6) is 0 Å². The highest BCUT2D eigenvalue weighted by Gasteiger charge is 2.34. The van der Waals surface area contributed by atoms with Crippen molar-refractivity contribution >= 4 is 29.3 Å². The Morgan fingerprint density at radius 1 is 1.13 bits per heavy atom. The summed E-state index contributed by atoms with van der Waals surface area (Å²) in [6.45, 7) is 6.88. The van der Waals surface area contributed by atoms with Gasteiger partial charge in [-0.25, -0.2) is 19.7 Å². The molecule has 0 bridgehead atoms. The molecule has 0 radical (unpaired) electrons. The molecule has 1 aliphatic carbocycles. The summed E-state index contributed by atoms with van der Waals surface area (Å²) in [7, 11) is 0. The van der Waals surface area contributed by atoms with Gasteiger partial charge in [0.05, 0.1) is 29.7 Å². The average Bonchev–Trinajstić information content (AvgIpc) is 3.60. The maximum Gasteiger partial charge on any atom is 0.341 e. The molecule has 1 saturated heterocycles. The van der Waals surface area contributed by atoms with E-state index in [1.54, 1.807) is 20.0 Å². The molecule has 0 spiro atoms. The van der Waals surface area contributed by atoms with Crippen molar-refractivity contribution in [2.24, 2.45) is 5.92 Å². The van der Waals surface area contributed by atoms with E-state index >= 15 is 0 Å². The zero-order valence-corrected chi connectivity index (χ0v) is 17.3. The van der Waals surface area contributed by atoms with Crippen LogP contribution < -0.4 is 10.2 Å². The second-order valence-electron chi connectivity index (χ2n) is 7.53. The van der Waals surface area contributed by atoms with Gasteiger partial charge in [-0.3, -0.25) is 4.79 Å². The first kappa shape index (κ1) is 20.1. The summed E-state index contributed by atoms with van der Waals surface area (Å²) < 4.78 is 5.00. The number of carbonyl (C=O) groups excluding carboxylic acids is 2. The molecular formula is C21H26N6O3. The van der Waals surface area contributed by atoms with Gasteiger partial charge in [0.2, 0.25) is 11.9 Å². The minimum Gasteiger partial charge on any atom is -0.462 e. The van der Waals surface area contributed by atoms with Crippen LogP contribution in [0, 0.1) is 12.8 Å². The minimum absolute atomic E-state index is 0.275. The van der Waals surface area contributed by atoms with Gasteiger partial charge in [-0.2, -0.15) is 0 Å². The summed E-state index contributed by atoms with van der Waals surface area (Å²) in [5.41, 5.74) is 1.66. The Bertz CT molecular complexity index is 921. The molecule has 1 saturated carbocycles. The lowest BCUT2D eigenvalue weighted by atomic mass is 10.2. The third-order valence-corrected chi connectivity index (χ3v) is 5.32. The lowest BCUT2D eigenvalue weighted by Crippen LogP contribution is -2.49. The molecule has 1 amide bonds. The molecule has 2 aliphatic rings. The number of hydrogen-bond acceptors (Lipinski definition) is 8. The van der Waals surface area contributed by atoms with Gasteiger partial charge in [-0.15, -0.1) is 0 Å². The van der Waals surface area contributed by atoms with Gasteiger partial charge in [-0.1, -0.05) is 0 Å². The number of pyridine rings is 1. The fourth-order valence-electron chi connectivity index (χ4n) is 3.46. The Labute approximate surface area is 175 Å².